The topological polar surface area (TPSA) is 43.6 Å². The molecule has 0 bridgehead atoms. The number of benzene rings is 5. The zero-order valence-electron chi connectivity index (χ0n) is 26.3. The van der Waals surface area contributed by atoms with Crippen molar-refractivity contribution in [1.29, 1.82) is 0 Å². The van der Waals surface area contributed by atoms with Gasteiger partial charge in [0, 0.05) is 33.2 Å². The molecule has 1 aliphatic carbocycles. The molecule has 0 N–H and O–H groups in total. The van der Waals surface area contributed by atoms with Gasteiger partial charge in [0.25, 0.3) is 0 Å². The average Bonchev–Trinajstić information content (AvgIpc) is 3.42. The van der Waals surface area contributed by atoms with Crippen molar-refractivity contribution in [3.8, 4) is 39.9 Å². The number of aromatic nitrogens is 4. The molecule has 0 aliphatic heterocycles. The van der Waals surface area contributed by atoms with Crippen molar-refractivity contribution in [2.24, 2.45) is 0 Å². The van der Waals surface area contributed by atoms with E-state index in [2.05, 4.69) is 92.9 Å². The largest absolute Gasteiger partial charge is 0.309 e. The molecular weight excluding hydrogens is 548 g/mol. The summed E-state index contributed by atoms with van der Waals surface area (Å²) in [6.45, 7) is 9.63. The highest BCUT2D eigenvalue weighted by atomic mass is 15.0. The Morgan fingerprint density at radius 1 is 0.489 bits per heavy atom. The summed E-state index contributed by atoms with van der Waals surface area (Å²) in [4.78, 5) is 14.8. The fourth-order valence-electron chi connectivity index (χ4n) is 7.16. The van der Waals surface area contributed by atoms with Crippen LogP contribution in [-0.4, -0.2) is 19.5 Å². The fraction of sp³-hybridized carbons (Fsp3) is 0.195. The van der Waals surface area contributed by atoms with E-state index in [4.69, 9.17) is 15.0 Å². The summed E-state index contributed by atoms with van der Waals surface area (Å²) >= 11 is 0. The Morgan fingerprint density at radius 3 is 1.60 bits per heavy atom. The van der Waals surface area contributed by atoms with Gasteiger partial charge in [-0.15, -0.1) is 0 Å². The lowest BCUT2D eigenvalue weighted by molar-refractivity contribution is 0.334. The van der Waals surface area contributed by atoms with E-state index in [9.17, 15) is 0 Å². The molecule has 0 saturated carbocycles. The molecule has 0 unspecified atom stereocenters. The van der Waals surface area contributed by atoms with Gasteiger partial charge in [0.15, 0.2) is 17.5 Å². The summed E-state index contributed by atoms with van der Waals surface area (Å²) in [5.41, 5.74) is 9.75. The third-order valence-corrected chi connectivity index (χ3v) is 9.70. The third-order valence-electron chi connectivity index (χ3n) is 9.70. The van der Waals surface area contributed by atoms with Gasteiger partial charge in [0.1, 0.15) is 0 Å². The van der Waals surface area contributed by atoms with Crippen molar-refractivity contribution in [2.75, 3.05) is 0 Å². The normalized spacial score (nSPS) is 15.3. The smallest absolute Gasteiger partial charge is 0.164 e. The van der Waals surface area contributed by atoms with Crippen LogP contribution < -0.4 is 0 Å². The molecule has 5 aromatic carbocycles. The maximum atomic E-state index is 4.96. The SMILES string of the molecule is CC1(C)CCC(C)(C)c2c1ccc1c3ccccc3n(-c3ccc(-c4nc(-c5ccccc5)nc(-c5ccccc5)n4)cc3)c21. The number of hydrogen-bond acceptors (Lipinski definition) is 3. The van der Waals surface area contributed by atoms with Gasteiger partial charge < -0.3 is 4.57 Å². The molecule has 220 valence electrons. The van der Waals surface area contributed by atoms with Gasteiger partial charge in [-0.05, 0) is 65.1 Å². The van der Waals surface area contributed by atoms with E-state index in [1.54, 1.807) is 0 Å². The first kappa shape index (κ1) is 27.5. The molecular formula is C41H36N4. The second kappa shape index (κ2) is 10.2. The van der Waals surface area contributed by atoms with Gasteiger partial charge in [-0.3, -0.25) is 0 Å². The molecule has 0 amide bonds. The average molecular weight is 585 g/mol. The molecule has 4 heteroatoms. The lowest BCUT2D eigenvalue weighted by Gasteiger charge is -2.42. The third kappa shape index (κ3) is 4.55. The van der Waals surface area contributed by atoms with Crippen molar-refractivity contribution in [2.45, 2.75) is 51.4 Å². The Kier molecular flexibility index (Phi) is 6.25. The van der Waals surface area contributed by atoms with Crippen LogP contribution in [0.1, 0.15) is 51.7 Å². The molecule has 7 aromatic rings. The summed E-state index contributed by atoms with van der Waals surface area (Å²) < 4.78 is 2.48. The molecule has 8 rings (SSSR count). The standard InChI is InChI=1S/C41H36N4/c1-40(2)25-26-41(3,4)35-33(40)24-23-32-31-17-11-12-18-34(31)45(36(32)35)30-21-19-29(20-22-30)39-43-37(27-13-7-5-8-14-27)42-38(44-39)28-15-9-6-10-16-28/h5-24H,25-26H2,1-4H3. The van der Waals surface area contributed by atoms with E-state index in [1.807, 2.05) is 60.7 Å². The minimum atomic E-state index is 0.0724. The highest BCUT2D eigenvalue weighted by Gasteiger charge is 2.39. The molecule has 0 saturated heterocycles. The predicted molar refractivity (Wildman–Crippen MR) is 186 cm³/mol. The van der Waals surface area contributed by atoms with Crippen molar-refractivity contribution in [3.05, 3.63) is 132 Å². The van der Waals surface area contributed by atoms with E-state index in [0.717, 1.165) is 22.4 Å². The van der Waals surface area contributed by atoms with Crippen LogP contribution in [0.5, 0.6) is 0 Å². The van der Waals surface area contributed by atoms with Crippen molar-refractivity contribution < 1.29 is 0 Å². The second-order valence-corrected chi connectivity index (χ2v) is 13.6. The van der Waals surface area contributed by atoms with Crippen LogP contribution in [-0.2, 0) is 10.8 Å². The number of nitrogens with zero attached hydrogens (tertiary/aromatic N) is 4. The number of rotatable bonds is 4. The van der Waals surface area contributed by atoms with Crippen LogP contribution in [0.4, 0.5) is 0 Å². The van der Waals surface area contributed by atoms with Gasteiger partial charge in [0.05, 0.1) is 11.0 Å². The molecule has 4 nitrogen and oxygen atoms in total. The minimum Gasteiger partial charge on any atom is -0.309 e. The first-order chi connectivity index (χ1) is 21.8. The van der Waals surface area contributed by atoms with Crippen LogP contribution in [0.25, 0.3) is 61.7 Å². The monoisotopic (exact) mass is 584 g/mol. The molecule has 0 atom stereocenters. The van der Waals surface area contributed by atoms with Crippen LogP contribution in [0.2, 0.25) is 0 Å². The number of para-hydroxylation sites is 1. The summed E-state index contributed by atoms with van der Waals surface area (Å²) in [5.74, 6) is 2.00. The predicted octanol–water partition coefficient (Wildman–Crippen LogP) is 10.3. The lowest BCUT2D eigenvalue weighted by atomic mass is 9.62. The Balaban J connectivity index is 1.32. The zero-order chi connectivity index (χ0) is 30.8. The van der Waals surface area contributed by atoms with Gasteiger partial charge in [0.2, 0.25) is 0 Å². The molecule has 0 fully saturated rings. The maximum Gasteiger partial charge on any atom is 0.164 e. The molecule has 2 aromatic heterocycles. The molecule has 45 heavy (non-hydrogen) atoms. The molecule has 0 radical (unpaired) electrons. The lowest BCUT2D eigenvalue weighted by Crippen LogP contribution is -2.34. The number of fused-ring (bicyclic) bond motifs is 5. The van der Waals surface area contributed by atoms with Crippen molar-refractivity contribution in [3.63, 3.8) is 0 Å². The Morgan fingerprint density at radius 2 is 1.00 bits per heavy atom. The first-order valence-corrected chi connectivity index (χ1v) is 15.9. The molecule has 2 heterocycles. The highest BCUT2D eigenvalue weighted by Crippen LogP contribution is 2.50. The Bertz CT molecular complexity index is 2130. The van der Waals surface area contributed by atoms with Gasteiger partial charge in [-0.25, -0.2) is 15.0 Å². The van der Waals surface area contributed by atoms with E-state index in [0.29, 0.717) is 17.5 Å². The van der Waals surface area contributed by atoms with Crippen LogP contribution in [0.3, 0.4) is 0 Å². The van der Waals surface area contributed by atoms with Gasteiger partial charge in [-0.1, -0.05) is 119 Å². The molecule has 1 aliphatic rings. The molecule has 0 spiro atoms. The summed E-state index contributed by atoms with van der Waals surface area (Å²) in [5, 5.41) is 2.60. The summed E-state index contributed by atoms with van der Waals surface area (Å²) in [6, 6.07) is 42.6. The maximum absolute atomic E-state index is 4.96. The van der Waals surface area contributed by atoms with E-state index in [-0.39, 0.29) is 10.8 Å². The van der Waals surface area contributed by atoms with Gasteiger partial charge >= 0.3 is 0 Å². The second-order valence-electron chi connectivity index (χ2n) is 13.6. The summed E-state index contributed by atoms with van der Waals surface area (Å²) in [6.07, 6.45) is 2.36. The minimum absolute atomic E-state index is 0.0724. The van der Waals surface area contributed by atoms with E-state index in [1.165, 1.54) is 45.8 Å². The van der Waals surface area contributed by atoms with Crippen LogP contribution in [0.15, 0.2) is 121 Å². The fourth-order valence-corrected chi connectivity index (χ4v) is 7.16. The van der Waals surface area contributed by atoms with Gasteiger partial charge in [-0.2, -0.15) is 0 Å². The summed E-state index contributed by atoms with van der Waals surface area (Å²) in [7, 11) is 0. The van der Waals surface area contributed by atoms with E-state index >= 15 is 0 Å². The highest BCUT2D eigenvalue weighted by molar-refractivity contribution is 6.11. The number of hydrogen-bond donors (Lipinski definition) is 0. The zero-order valence-corrected chi connectivity index (χ0v) is 26.3. The first-order valence-electron chi connectivity index (χ1n) is 15.9. The Labute approximate surface area is 264 Å². The Hall–Kier alpha value is -5.09. The van der Waals surface area contributed by atoms with E-state index < -0.39 is 0 Å². The van der Waals surface area contributed by atoms with Crippen LogP contribution >= 0.6 is 0 Å². The van der Waals surface area contributed by atoms with Crippen molar-refractivity contribution in [1.82, 2.24) is 19.5 Å². The quantitative estimate of drug-likeness (QED) is 0.207. The van der Waals surface area contributed by atoms with Crippen LogP contribution in [0, 0.1) is 0 Å². The van der Waals surface area contributed by atoms with Crippen molar-refractivity contribution >= 4 is 21.8 Å².